The van der Waals surface area contributed by atoms with Crippen LogP contribution in [0.25, 0.3) is 0 Å². The highest BCUT2D eigenvalue weighted by molar-refractivity contribution is 5.82. The summed E-state index contributed by atoms with van der Waals surface area (Å²) in [5.41, 5.74) is -1.49. The number of alkyl halides is 3. The van der Waals surface area contributed by atoms with Gasteiger partial charge in [-0.3, -0.25) is 0 Å². The van der Waals surface area contributed by atoms with E-state index in [-0.39, 0.29) is 0 Å². The van der Waals surface area contributed by atoms with Gasteiger partial charge in [-0.05, 0) is 45.0 Å². The van der Waals surface area contributed by atoms with Crippen molar-refractivity contribution in [3.8, 4) is 0 Å². The fourth-order valence-corrected chi connectivity index (χ4v) is 1.85. The molecule has 6 heteroatoms. The van der Waals surface area contributed by atoms with Crippen LogP contribution in [-0.4, -0.2) is 23.2 Å². The molecular weight excluding hydrogens is 259 g/mol. The molecule has 1 aromatic carbocycles. The van der Waals surface area contributed by atoms with E-state index in [2.05, 4.69) is 0 Å². The molecule has 0 aliphatic rings. The van der Waals surface area contributed by atoms with Crippen LogP contribution >= 0.6 is 0 Å². The predicted molar refractivity (Wildman–Crippen MR) is 66.2 cm³/mol. The van der Waals surface area contributed by atoms with Crippen LogP contribution in [0.15, 0.2) is 24.3 Å². The second-order valence-corrected chi connectivity index (χ2v) is 4.65. The summed E-state index contributed by atoms with van der Waals surface area (Å²) >= 11 is 0. The number of benzene rings is 1. The van der Waals surface area contributed by atoms with Gasteiger partial charge in [-0.25, -0.2) is 4.79 Å². The van der Waals surface area contributed by atoms with Crippen LogP contribution in [0.1, 0.15) is 26.3 Å². The van der Waals surface area contributed by atoms with E-state index in [1.807, 2.05) is 0 Å². The molecule has 1 aromatic rings. The molecule has 0 bridgehead atoms. The van der Waals surface area contributed by atoms with Gasteiger partial charge >= 0.3 is 12.1 Å². The van der Waals surface area contributed by atoms with E-state index in [1.54, 1.807) is 6.92 Å². The number of aliphatic carboxylic acids is 1. The number of hydrogen-bond donors (Lipinski definition) is 1. The zero-order chi connectivity index (χ0) is 14.8. The zero-order valence-corrected chi connectivity index (χ0v) is 11.0. The summed E-state index contributed by atoms with van der Waals surface area (Å²) in [6.45, 7) is 5.15. The summed E-state index contributed by atoms with van der Waals surface area (Å²) in [5, 5.41) is 9.17. The molecule has 0 saturated heterocycles. The number of halogens is 3. The highest BCUT2D eigenvalue weighted by Crippen LogP contribution is 2.32. The summed E-state index contributed by atoms with van der Waals surface area (Å²) in [4.78, 5) is 12.7. The van der Waals surface area contributed by atoms with Crippen LogP contribution in [0.2, 0.25) is 0 Å². The Kier molecular flexibility index (Phi) is 4.12. The second kappa shape index (κ2) is 5.11. The van der Waals surface area contributed by atoms with Crippen LogP contribution in [-0.2, 0) is 11.0 Å². The molecule has 1 N–H and O–H groups in total. The van der Waals surface area contributed by atoms with Crippen molar-refractivity contribution in [2.24, 2.45) is 0 Å². The highest BCUT2D eigenvalue weighted by atomic mass is 19.4. The fraction of sp³-hybridized carbons (Fsp3) is 0.462. The smallest absolute Gasteiger partial charge is 0.416 e. The molecule has 19 heavy (non-hydrogen) atoms. The van der Waals surface area contributed by atoms with Crippen molar-refractivity contribution >= 4 is 11.7 Å². The molecule has 0 aromatic heterocycles. The monoisotopic (exact) mass is 275 g/mol. The third-order valence-electron chi connectivity index (χ3n) is 3.02. The quantitative estimate of drug-likeness (QED) is 0.915. The maximum absolute atomic E-state index is 12.5. The first-order chi connectivity index (χ1) is 8.60. The largest absolute Gasteiger partial charge is 0.480 e. The first kappa shape index (κ1) is 15.3. The Morgan fingerprint density at radius 2 is 1.68 bits per heavy atom. The average Bonchev–Trinajstić information content (AvgIpc) is 2.28. The van der Waals surface area contributed by atoms with E-state index in [1.165, 1.54) is 30.9 Å². The zero-order valence-electron chi connectivity index (χ0n) is 11.0. The van der Waals surface area contributed by atoms with Crippen LogP contribution in [0.4, 0.5) is 18.9 Å². The van der Waals surface area contributed by atoms with Crippen molar-refractivity contribution in [3.63, 3.8) is 0 Å². The van der Waals surface area contributed by atoms with Crippen LogP contribution in [0, 0.1) is 0 Å². The molecule has 106 valence electrons. The Labute approximate surface area is 109 Å². The average molecular weight is 275 g/mol. The van der Waals surface area contributed by atoms with Crippen LogP contribution in [0.3, 0.4) is 0 Å². The minimum atomic E-state index is -4.39. The van der Waals surface area contributed by atoms with Gasteiger partial charge in [0, 0.05) is 12.2 Å². The number of carboxylic acids is 1. The SMILES string of the molecule is CCN(c1ccc(C(F)(F)F)cc1)C(C)(C)C(=O)O. The van der Waals surface area contributed by atoms with Gasteiger partial charge in [0.05, 0.1) is 5.56 Å². The minimum absolute atomic E-state index is 0.380. The number of likely N-dealkylation sites (N-methyl/N-ethyl adjacent to an activating group) is 1. The molecule has 1 rings (SSSR count). The lowest BCUT2D eigenvalue weighted by Crippen LogP contribution is -2.50. The predicted octanol–water partition coefficient (Wildman–Crippen LogP) is 3.39. The first-order valence-corrected chi connectivity index (χ1v) is 5.79. The number of hydrogen-bond acceptors (Lipinski definition) is 2. The molecule has 0 aliphatic heterocycles. The van der Waals surface area contributed by atoms with Gasteiger partial charge in [-0.2, -0.15) is 13.2 Å². The Morgan fingerprint density at radius 1 is 1.21 bits per heavy atom. The van der Waals surface area contributed by atoms with Gasteiger partial charge in [0.15, 0.2) is 0 Å². The minimum Gasteiger partial charge on any atom is -0.480 e. The third kappa shape index (κ3) is 3.19. The number of rotatable bonds is 4. The number of anilines is 1. The van der Waals surface area contributed by atoms with Crippen molar-refractivity contribution in [2.45, 2.75) is 32.5 Å². The number of nitrogens with zero attached hydrogens (tertiary/aromatic N) is 1. The van der Waals surface area contributed by atoms with E-state index in [0.717, 1.165) is 12.1 Å². The van der Waals surface area contributed by atoms with Crippen molar-refractivity contribution < 1.29 is 23.1 Å². The van der Waals surface area contributed by atoms with Crippen LogP contribution in [0.5, 0.6) is 0 Å². The summed E-state index contributed by atoms with van der Waals surface area (Å²) in [6.07, 6.45) is -4.39. The van der Waals surface area contributed by atoms with Crippen LogP contribution < -0.4 is 4.90 Å². The van der Waals surface area contributed by atoms with Gasteiger partial charge in [0.25, 0.3) is 0 Å². The normalized spacial score (nSPS) is 12.3. The fourth-order valence-electron chi connectivity index (χ4n) is 1.85. The van der Waals surface area contributed by atoms with Crippen molar-refractivity contribution in [1.29, 1.82) is 0 Å². The lowest BCUT2D eigenvalue weighted by molar-refractivity contribution is -0.142. The molecule has 0 atom stereocenters. The summed E-state index contributed by atoms with van der Waals surface area (Å²) in [6, 6.07) is 4.49. The maximum Gasteiger partial charge on any atom is 0.416 e. The molecule has 0 heterocycles. The van der Waals surface area contributed by atoms with Crippen molar-refractivity contribution in [2.75, 3.05) is 11.4 Å². The molecule has 0 fully saturated rings. The van der Waals surface area contributed by atoms with E-state index in [0.29, 0.717) is 12.2 Å². The number of carboxylic acid groups (broad SMARTS) is 1. The number of carbonyl (C=O) groups is 1. The van der Waals surface area contributed by atoms with E-state index >= 15 is 0 Å². The van der Waals surface area contributed by atoms with E-state index < -0.39 is 23.2 Å². The van der Waals surface area contributed by atoms with Crippen molar-refractivity contribution in [3.05, 3.63) is 29.8 Å². The Bertz CT molecular complexity index is 452. The topological polar surface area (TPSA) is 40.5 Å². The Hall–Kier alpha value is -1.72. The van der Waals surface area contributed by atoms with Gasteiger partial charge < -0.3 is 10.0 Å². The molecule has 0 radical (unpaired) electrons. The van der Waals surface area contributed by atoms with Gasteiger partial charge in [-0.15, -0.1) is 0 Å². The molecule has 0 amide bonds. The lowest BCUT2D eigenvalue weighted by atomic mass is 10.0. The Balaban J connectivity index is 3.11. The first-order valence-electron chi connectivity index (χ1n) is 5.79. The van der Waals surface area contributed by atoms with Crippen molar-refractivity contribution in [1.82, 2.24) is 0 Å². The maximum atomic E-state index is 12.5. The molecule has 0 unspecified atom stereocenters. The highest BCUT2D eigenvalue weighted by Gasteiger charge is 2.35. The summed E-state index contributed by atoms with van der Waals surface area (Å²) in [5.74, 6) is -1.03. The molecule has 0 aliphatic carbocycles. The second-order valence-electron chi connectivity index (χ2n) is 4.65. The van der Waals surface area contributed by atoms with E-state index in [9.17, 15) is 18.0 Å². The van der Waals surface area contributed by atoms with E-state index in [4.69, 9.17) is 5.11 Å². The molecule has 3 nitrogen and oxygen atoms in total. The standard InChI is InChI=1S/C13H16F3NO2/c1-4-17(12(2,3)11(18)19)10-7-5-9(6-8-10)13(14,15)16/h5-8H,4H2,1-3H3,(H,18,19). The molecule has 0 saturated carbocycles. The van der Waals surface area contributed by atoms with Gasteiger partial charge in [0.2, 0.25) is 0 Å². The summed E-state index contributed by atoms with van der Waals surface area (Å²) in [7, 11) is 0. The third-order valence-corrected chi connectivity index (χ3v) is 3.02. The molecular formula is C13H16F3NO2. The molecule has 0 spiro atoms. The Morgan fingerprint density at radius 3 is 2.00 bits per heavy atom. The van der Waals surface area contributed by atoms with Gasteiger partial charge in [-0.1, -0.05) is 0 Å². The lowest BCUT2D eigenvalue weighted by Gasteiger charge is -2.36. The summed E-state index contributed by atoms with van der Waals surface area (Å²) < 4.78 is 37.4. The van der Waals surface area contributed by atoms with Gasteiger partial charge in [0.1, 0.15) is 5.54 Å².